The van der Waals surface area contributed by atoms with Crippen LogP contribution in [0.15, 0.2) is 24.3 Å². The van der Waals surface area contributed by atoms with E-state index in [0.29, 0.717) is 5.75 Å². The molecule has 0 heterocycles. The van der Waals surface area contributed by atoms with E-state index in [-0.39, 0.29) is 12.1 Å². The summed E-state index contributed by atoms with van der Waals surface area (Å²) in [6.45, 7) is 0.752. The molecular weight excluding hydrogens is 214 g/mol. The quantitative estimate of drug-likeness (QED) is 0.704. The highest BCUT2D eigenvalue weighted by molar-refractivity contribution is 5.25. The SMILES string of the molecule is Oc1ccc(CNC2CCCCCC2O)cc1. The van der Waals surface area contributed by atoms with Crippen LogP contribution in [0.5, 0.6) is 5.75 Å². The van der Waals surface area contributed by atoms with Crippen LogP contribution in [0.3, 0.4) is 0 Å². The lowest BCUT2D eigenvalue weighted by atomic mass is 10.1. The van der Waals surface area contributed by atoms with Crippen molar-refractivity contribution in [2.24, 2.45) is 0 Å². The number of phenolic OH excluding ortho intramolecular Hbond substituents is 1. The molecule has 17 heavy (non-hydrogen) atoms. The highest BCUT2D eigenvalue weighted by Gasteiger charge is 2.20. The van der Waals surface area contributed by atoms with Crippen molar-refractivity contribution in [3.63, 3.8) is 0 Å². The Morgan fingerprint density at radius 3 is 2.53 bits per heavy atom. The fourth-order valence-electron chi connectivity index (χ4n) is 2.39. The van der Waals surface area contributed by atoms with Crippen molar-refractivity contribution < 1.29 is 10.2 Å². The fourth-order valence-corrected chi connectivity index (χ4v) is 2.39. The number of phenols is 1. The van der Waals surface area contributed by atoms with Gasteiger partial charge in [-0.2, -0.15) is 0 Å². The minimum atomic E-state index is -0.213. The molecule has 0 bridgehead atoms. The zero-order valence-corrected chi connectivity index (χ0v) is 10.1. The van der Waals surface area contributed by atoms with Gasteiger partial charge in [0.2, 0.25) is 0 Å². The predicted molar refractivity (Wildman–Crippen MR) is 67.8 cm³/mol. The maximum absolute atomic E-state index is 9.97. The Bertz CT molecular complexity index is 337. The van der Waals surface area contributed by atoms with Crippen LogP contribution < -0.4 is 5.32 Å². The van der Waals surface area contributed by atoms with Crippen molar-refractivity contribution in [1.29, 1.82) is 0 Å². The Hall–Kier alpha value is -1.06. The van der Waals surface area contributed by atoms with Gasteiger partial charge in [0.1, 0.15) is 5.75 Å². The number of rotatable bonds is 3. The number of aromatic hydroxyl groups is 1. The lowest BCUT2D eigenvalue weighted by molar-refractivity contribution is 0.119. The topological polar surface area (TPSA) is 52.5 Å². The molecule has 1 aromatic rings. The second-order valence-corrected chi connectivity index (χ2v) is 4.86. The van der Waals surface area contributed by atoms with Crippen LogP contribution >= 0.6 is 0 Å². The van der Waals surface area contributed by atoms with Crippen LogP contribution in [0, 0.1) is 0 Å². The van der Waals surface area contributed by atoms with Gasteiger partial charge in [0, 0.05) is 12.6 Å². The van der Waals surface area contributed by atoms with E-state index >= 15 is 0 Å². The van der Waals surface area contributed by atoms with Gasteiger partial charge in [-0.05, 0) is 30.5 Å². The standard InChI is InChI=1S/C14H21NO2/c16-12-8-6-11(7-9-12)10-15-13-4-2-1-3-5-14(13)17/h6-9,13-17H,1-5,10H2. The summed E-state index contributed by atoms with van der Waals surface area (Å²) in [6.07, 6.45) is 5.32. The van der Waals surface area contributed by atoms with Gasteiger partial charge in [-0.1, -0.05) is 31.4 Å². The van der Waals surface area contributed by atoms with Crippen molar-refractivity contribution in [2.75, 3.05) is 0 Å². The van der Waals surface area contributed by atoms with E-state index in [1.54, 1.807) is 12.1 Å². The molecule has 1 aliphatic carbocycles. The average Bonchev–Trinajstić information content (AvgIpc) is 2.54. The fraction of sp³-hybridized carbons (Fsp3) is 0.571. The molecule has 94 valence electrons. The van der Waals surface area contributed by atoms with Gasteiger partial charge in [-0.3, -0.25) is 0 Å². The summed E-state index contributed by atoms with van der Waals surface area (Å²) in [5.74, 6) is 0.295. The summed E-state index contributed by atoms with van der Waals surface area (Å²) in [5.41, 5.74) is 1.14. The summed E-state index contributed by atoms with van der Waals surface area (Å²) >= 11 is 0. The largest absolute Gasteiger partial charge is 0.508 e. The Kier molecular flexibility index (Phi) is 4.40. The van der Waals surface area contributed by atoms with Crippen LogP contribution in [0.4, 0.5) is 0 Å². The van der Waals surface area contributed by atoms with Gasteiger partial charge >= 0.3 is 0 Å². The Labute approximate surface area is 102 Å². The van der Waals surface area contributed by atoms with E-state index in [0.717, 1.165) is 31.4 Å². The molecule has 1 aromatic carbocycles. The summed E-state index contributed by atoms with van der Waals surface area (Å²) in [6, 6.07) is 7.42. The van der Waals surface area contributed by atoms with Gasteiger partial charge < -0.3 is 15.5 Å². The van der Waals surface area contributed by atoms with E-state index in [1.165, 1.54) is 12.8 Å². The van der Waals surface area contributed by atoms with E-state index < -0.39 is 0 Å². The maximum atomic E-state index is 9.97. The van der Waals surface area contributed by atoms with E-state index in [2.05, 4.69) is 5.32 Å². The van der Waals surface area contributed by atoms with E-state index in [1.807, 2.05) is 12.1 Å². The van der Waals surface area contributed by atoms with Gasteiger partial charge in [0.25, 0.3) is 0 Å². The van der Waals surface area contributed by atoms with E-state index in [4.69, 9.17) is 0 Å². The van der Waals surface area contributed by atoms with Gasteiger partial charge in [0.05, 0.1) is 6.10 Å². The molecule has 0 amide bonds. The van der Waals surface area contributed by atoms with Gasteiger partial charge in [-0.25, -0.2) is 0 Å². The molecule has 1 saturated carbocycles. The number of hydrogen-bond acceptors (Lipinski definition) is 3. The third-order valence-corrected chi connectivity index (χ3v) is 3.48. The maximum Gasteiger partial charge on any atom is 0.115 e. The Morgan fingerprint density at radius 1 is 1.06 bits per heavy atom. The normalized spacial score (nSPS) is 25.5. The summed E-state index contributed by atoms with van der Waals surface area (Å²) < 4.78 is 0. The van der Waals surface area contributed by atoms with Crippen molar-refractivity contribution in [3.8, 4) is 5.75 Å². The smallest absolute Gasteiger partial charge is 0.115 e. The molecule has 3 heteroatoms. The highest BCUT2D eigenvalue weighted by atomic mass is 16.3. The minimum Gasteiger partial charge on any atom is -0.508 e. The Morgan fingerprint density at radius 2 is 1.76 bits per heavy atom. The lowest BCUT2D eigenvalue weighted by Gasteiger charge is -2.21. The molecule has 0 radical (unpaired) electrons. The first-order valence-corrected chi connectivity index (χ1v) is 6.45. The first-order chi connectivity index (χ1) is 8.25. The number of nitrogens with one attached hydrogen (secondary N) is 1. The van der Waals surface area contributed by atoms with Crippen molar-refractivity contribution in [1.82, 2.24) is 5.32 Å². The molecule has 0 spiro atoms. The molecule has 2 unspecified atom stereocenters. The second-order valence-electron chi connectivity index (χ2n) is 4.86. The van der Waals surface area contributed by atoms with Crippen molar-refractivity contribution in [2.45, 2.75) is 50.8 Å². The van der Waals surface area contributed by atoms with E-state index in [9.17, 15) is 10.2 Å². The summed E-state index contributed by atoms with van der Waals surface area (Å²) in [4.78, 5) is 0. The monoisotopic (exact) mass is 235 g/mol. The highest BCUT2D eigenvalue weighted by Crippen LogP contribution is 2.18. The lowest BCUT2D eigenvalue weighted by Crippen LogP contribution is -2.38. The zero-order chi connectivity index (χ0) is 12.1. The minimum absolute atomic E-state index is 0.213. The van der Waals surface area contributed by atoms with Gasteiger partial charge in [0.15, 0.2) is 0 Å². The first kappa shape index (κ1) is 12.4. The van der Waals surface area contributed by atoms with Crippen LogP contribution in [0.1, 0.15) is 37.7 Å². The molecule has 2 atom stereocenters. The second kappa shape index (κ2) is 6.03. The van der Waals surface area contributed by atoms with Crippen molar-refractivity contribution >= 4 is 0 Å². The average molecular weight is 235 g/mol. The number of hydrogen-bond donors (Lipinski definition) is 3. The third-order valence-electron chi connectivity index (χ3n) is 3.48. The molecule has 0 aliphatic heterocycles. The molecule has 0 saturated heterocycles. The molecule has 3 nitrogen and oxygen atoms in total. The van der Waals surface area contributed by atoms with Crippen LogP contribution in [0.2, 0.25) is 0 Å². The van der Waals surface area contributed by atoms with Gasteiger partial charge in [-0.15, -0.1) is 0 Å². The number of aliphatic hydroxyl groups is 1. The predicted octanol–water partition coefficient (Wildman–Crippen LogP) is 2.18. The summed E-state index contributed by atoms with van der Waals surface area (Å²) in [7, 11) is 0. The van der Waals surface area contributed by atoms with Crippen LogP contribution in [-0.2, 0) is 6.54 Å². The first-order valence-electron chi connectivity index (χ1n) is 6.45. The number of aliphatic hydroxyl groups excluding tert-OH is 1. The Balaban J connectivity index is 1.85. The third kappa shape index (κ3) is 3.72. The molecular formula is C14H21NO2. The molecule has 1 fully saturated rings. The number of benzene rings is 1. The van der Waals surface area contributed by atoms with Crippen LogP contribution in [0.25, 0.3) is 0 Å². The molecule has 0 aromatic heterocycles. The van der Waals surface area contributed by atoms with Crippen molar-refractivity contribution in [3.05, 3.63) is 29.8 Å². The molecule has 2 rings (SSSR count). The zero-order valence-electron chi connectivity index (χ0n) is 10.1. The summed E-state index contributed by atoms with van der Waals surface area (Å²) in [5, 5.41) is 22.6. The molecule has 1 aliphatic rings. The van der Waals surface area contributed by atoms with Crippen LogP contribution in [-0.4, -0.2) is 22.4 Å². The molecule has 3 N–H and O–H groups in total.